The molecule has 0 amide bonds. The zero-order valence-corrected chi connectivity index (χ0v) is 62.7. The highest BCUT2D eigenvalue weighted by molar-refractivity contribution is 5.96. The van der Waals surface area contributed by atoms with E-state index in [2.05, 4.69) is 394 Å². The van der Waals surface area contributed by atoms with E-state index in [0.717, 1.165) is 123 Å². The van der Waals surface area contributed by atoms with Crippen LogP contribution in [0.15, 0.2) is 395 Å². The van der Waals surface area contributed by atoms with Gasteiger partial charge in [-0.3, -0.25) is 9.97 Å². The Bertz CT molecular complexity index is 6600. The number of aromatic nitrogens is 6. The van der Waals surface area contributed by atoms with Crippen molar-refractivity contribution < 1.29 is 0 Å². The predicted octanol–water partition coefficient (Wildman–Crippen LogP) is 26.0. The van der Waals surface area contributed by atoms with Gasteiger partial charge in [-0.05, 0) is 226 Å². The van der Waals surface area contributed by atoms with Crippen LogP contribution in [0.2, 0.25) is 0 Å². The Labute approximate surface area is 659 Å². The number of hydrogen-bond donors (Lipinski definition) is 0. The third-order valence-electron chi connectivity index (χ3n) is 23.3. The van der Waals surface area contributed by atoms with E-state index in [1.807, 2.05) is 31.7 Å². The van der Waals surface area contributed by atoms with Crippen molar-refractivity contribution in [2.24, 2.45) is 0 Å². The summed E-state index contributed by atoms with van der Waals surface area (Å²) in [5.41, 5.74) is 37.4. The van der Waals surface area contributed by atoms with Crippen molar-refractivity contribution in [1.82, 2.24) is 29.9 Å². The van der Waals surface area contributed by atoms with E-state index in [1.54, 1.807) is 0 Å². The molecule has 0 aliphatic heterocycles. The molecule has 0 spiro atoms. The van der Waals surface area contributed by atoms with Gasteiger partial charge in [0, 0.05) is 52.6 Å². The number of pyridine rings is 2. The Morgan fingerprint density at radius 1 is 0.195 bits per heavy atom. The normalized spacial score (nSPS) is 12.7. The molecule has 6 nitrogen and oxygen atoms in total. The minimum absolute atomic E-state index is 0.598. The highest BCUT2D eigenvalue weighted by atomic mass is 14.9. The smallest absolute Gasteiger partial charge is 0.161 e. The number of nitrogens with zero attached hydrogens (tertiary/aromatic N) is 6. The fourth-order valence-electron chi connectivity index (χ4n) is 18.0. The first-order chi connectivity index (χ1) is 55.7. The van der Waals surface area contributed by atoms with Crippen LogP contribution in [0.5, 0.6) is 0 Å². The lowest BCUT2D eigenvalue weighted by atomic mass is 9.67. The van der Waals surface area contributed by atoms with Gasteiger partial charge < -0.3 is 0 Å². The van der Waals surface area contributed by atoms with Gasteiger partial charge in [-0.1, -0.05) is 309 Å². The summed E-state index contributed by atoms with van der Waals surface area (Å²) in [5, 5.41) is 0. The SMILES string of the molecule is Cc1nc(-c2cccc(-c3ccc(-c4ccc(-c5ccc6c(c5)-c5cc(-c7cc(-c8ccccc8)nc(-c8ccccc8-c8ccccc8)n7)ccc5C6(c5ccccc5)c5ccccc5)c(-c5ccncc5C)c4)cc3)c2)cc(-c2ccc3c(c2)C(c2ccccc2)(c2ccccc2)c2ccc(-c4ccncc4C)cc2-3)n1. The maximum absolute atomic E-state index is 5.54. The topological polar surface area (TPSA) is 77.3 Å². The van der Waals surface area contributed by atoms with E-state index in [-0.39, 0.29) is 0 Å². The number of hydrogen-bond acceptors (Lipinski definition) is 6. The van der Waals surface area contributed by atoms with Crippen molar-refractivity contribution >= 4 is 0 Å². The summed E-state index contributed by atoms with van der Waals surface area (Å²) in [7, 11) is 0. The van der Waals surface area contributed by atoms with Gasteiger partial charge in [-0.2, -0.15) is 0 Å². The fraction of sp³-hybridized carbons (Fsp3) is 0.0467. The molecule has 14 aromatic carbocycles. The van der Waals surface area contributed by atoms with Gasteiger partial charge in [0.25, 0.3) is 0 Å². The van der Waals surface area contributed by atoms with Crippen LogP contribution in [0.1, 0.15) is 61.5 Å². The van der Waals surface area contributed by atoms with E-state index < -0.39 is 10.8 Å². The van der Waals surface area contributed by atoms with Crippen LogP contribution in [0, 0.1) is 20.8 Å². The molecule has 0 saturated carbocycles. The third kappa shape index (κ3) is 11.7. The monoisotopic (exact) mass is 1440 g/mol. The summed E-state index contributed by atoms with van der Waals surface area (Å²) < 4.78 is 0. The molecular formula is C107H74N6. The Morgan fingerprint density at radius 3 is 1.10 bits per heavy atom. The molecule has 18 aromatic rings. The molecule has 20 rings (SSSR count). The molecule has 0 bridgehead atoms. The first-order valence-corrected chi connectivity index (χ1v) is 38.7. The first kappa shape index (κ1) is 67.9. The van der Waals surface area contributed by atoms with Gasteiger partial charge >= 0.3 is 0 Å². The van der Waals surface area contributed by atoms with Gasteiger partial charge in [0.1, 0.15) is 5.82 Å². The van der Waals surface area contributed by atoms with Gasteiger partial charge in [0.15, 0.2) is 5.82 Å². The lowest BCUT2D eigenvalue weighted by Gasteiger charge is -2.34. The summed E-state index contributed by atoms with van der Waals surface area (Å²) in [6.07, 6.45) is 7.72. The fourth-order valence-corrected chi connectivity index (χ4v) is 18.0. The van der Waals surface area contributed by atoms with Crippen molar-refractivity contribution in [2.75, 3.05) is 0 Å². The molecule has 0 saturated heterocycles. The van der Waals surface area contributed by atoms with Gasteiger partial charge in [0.05, 0.1) is 33.6 Å². The van der Waals surface area contributed by atoms with Gasteiger partial charge in [-0.15, -0.1) is 0 Å². The number of fused-ring (bicyclic) bond motifs is 6. The zero-order chi connectivity index (χ0) is 75.6. The van der Waals surface area contributed by atoms with E-state index in [9.17, 15) is 0 Å². The van der Waals surface area contributed by atoms with Crippen molar-refractivity contribution in [3.63, 3.8) is 0 Å². The molecular weight excluding hydrogens is 1370 g/mol. The summed E-state index contributed by atoms with van der Waals surface area (Å²) in [6.45, 7) is 6.30. The predicted molar refractivity (Wildman–Crippen MR) is 462 cm³/mol. The van der Waals surface area contributed by atoms with E-state index in [0.29, 0.717) is 11.6 Å². The van der Waals surface area contributed by atoms with E-state index in [1.165, 1.54) is 72.3 Å². The van der Waals surface area contributed by atoms with Crippen LogP contribution in [0.4, 0.5) is 0 Å². The Balaban J connectivity index is 0.663. The van der Waals surface area contributed by atoms with Crippen molar-refractivity contribution in [1.29, 1.82) is 0 Å². The zero-order valence-electron chi connectivity index (χ0n) is 62.7. The maximum Gasteiger partial charge on any atom is 0.161 e. The Morgan fingerprint density at radius 2 is 0.549 bits per heavy atom. The van der Waals surface area contributed by atoms with Crippen molar-refractivity contribution in [3.8, 4) is 145 Å². The molecule has 4 aromatic heterocycles. The molecule has 6 heteroatoms. The van der Waals surface area contributed by atoms with E-state index >= 15 is 0 Å². The Kier molecular flexibility index (Phi) is 16.9. The van der Waals surface area contributed by atoms with Crippen LogP contribution in [0.3, 0.4) is 0 Å². The molecule has 2 aliphatic carbocycles. The van der Waals surface area contributed by atoms with Crippen molar-refractivity contribution in [3.05, 3.63) is 456 Å². The second-order valence-corrected chi connectivity index (χ2v) is 29.7. The number of rotatable bonds is 15. The number of aryl methyl sites for hydroxylation is 3. The van der Waals surface area contributed by atoms with Crippen LogP contribution < -0.4 is 0 Å². The highest BCUT2D eigenvalue weighted by Crippen LogP contribution is 2.60. The molecule has 0 N–H and O–H groups in total. The molecule has 0 radical (unpaired) electrons. The minimum atomic E-state index is -0.641. The minimum Gasteiger partial charge on any atom is -0.264 e. The largest absolute Gasteiger partial charge is 0.264 e. The van der Waals surface area contributed by atoms with Crippen LogP contribution in [0.25, 0.3) is 145 Å². The highest BCUT2D eigenvalue weighted by Gasteiger charge is 2.48. The molecule has 0 fully saturated rings. The standard InChI is InChI=1S/C107H74N6/c1-69-67-108-57-55-87(69)78-47-52-97-94(61-78)91-51-46-82(64-100(91)107(97,85-35-18-8-19-36-85)86-37-20-9-21-38-86)103-66-102(110-71(3)111-103)80-30-24-29-76(59-80)72-41-43-73(44-42-72)77-45-50-90(93(60-77)88-56-58-109-68-70(88)2)79-48-53-98-95(62-79)96-63-81(49-54-99(96)106(98,83-31-14-6-15-32-83)84-33-16-7-17-34-84)104-65-101(75-27-12-5-13-28-75)112-105(113-104)92-40-23-22-39-89(92)74-25-10-4-11-26-74/h4-68H,1-3H3. The first-order valence-electron chi connectivity index (χ1n) is 38.7. The second kappa shape index (κ2) is 28.2. The quantitative estimate of drug-likeness (QED) is 0.102. The summed E-state index contributed by atoms with van der Waals surface area (Å²) >= 11 is 0. The molecule has 532 valence electrons. The summed E-state index contributed by atoms with van der Waals surface area (Å²) in [5.74, 6) is 1.37. The molecule has 0 unspecified atom stereocenters. The van der Waals surface area contributed by atoms with Crippen molar-refractivity contribution in [2.45, 2.75) is 31.6 Å². The lowest BCUT2D eigenvalue weighted by Crippen LogP contribution is -2.28. The second-order valence-electron chi connectivity index (χ2n) is 29.7. The molecule has 2 aliphatic rings. The summed E-state index contributed by atoms with van der Waals surface area (Å²) in [6, 6.07) is 135. The van der Waals surface area contributed by atoms with Gasteiger partial charge in [0.2, 0.25) is 0 Å². The lowest BCUT2D eigenvalue weighted by molar-refractivity contribution is 0.768. The number of benzene rings is 14. The van der Waals surface area contributed by atoms with Crippen LogP contribution >= 0.6 is 0 Å². The summed E-state index contributed by atoms with van der Waals surface area (Å²) in [4.78, 5) is 30.3. The Hall–Kier alpha value is -14.5. The van der Waals surface area contributed by atoms with Crippen LogP contribution in [-0.2, 0) is 10.8 Å². The average Bonchev–Trinajstić information content (AvgIpc) is 1.54. The molecule has 0 atom stereocenters. The van der Waals surface area contributed by atoms with Crippen LogP contribution in [-0.4, -0.2) is 29.9 Å². The third-order valence-corrected chi connectivity index (χ3v) is 23.3. The van der Waals surface area contributed by atoms with E-state index in [4.69, 9.17) is 19.9 Å². The molecule has 113 heavy (non-hydrogen) atoms. The van der Waals surface area contributed by atoms with Gasteiger partial charge in [-0.25, -0.2) is 19.9 Å². The maximum atomic E-state index is 5.54. The molecule has 4 heterocycles. The average molecular weight is 1440 g/mol.